The van der Waals surface area contributed by atoms with Crippen LogP contribution in [-0.2, 0) is 4.74 Å². The minimum atomic E-state index is -0.135. The minimum Gasteiger partial charge on any atom is -0.393 e. The maximum absolute atomic E-state index is 10.2. The highest BCUT2D eigenvalue weighted by molar-refractivity contribution is 4.95. The SMILES string of the molecule is CN(C)CCC(O)C1CCOC2(CCC2)C1. The first-order chi connectivity index (χ1) is 7.61. The van der Waals surface area contributed by atoms with E-state index in [1.165, 1.54) is 19.3 Å². The Hall–Kier alpha value is -0.120. The largest absolute Gasteiger partial charge is 0.393 e. The van der Waals surface area contributed by atoms with Gasteiger partial charge in [-0.05, 0) is 65.1 Å². The van der Waals surface area contributed by atoms with Gasteiger partial charge in [0, 0.05) is 6.61 Å². The lowest BCUT2D eigenvalue weighted by atomic mass is 9.70. The van der Waals surface area contributed by atoms with Gasteiger partial charge in [-0.25, -0.2) is 0 Å². The molecule has 16 heavy (non-hydrogen) atoms. The van der Waals surface area contributed by atoms with Gasteiger partial charge in [0.1, 0.15) is 0 Å². The van der Waals surface area contributed by atoms with Crippen LogP contribution in [0, 0.1) is 5.92 Å². The molecule has 0 aromatic heterocycles. The first kappa shape index (κ1) is 12.3. The Morgan fingerprint density at radius 3 is 2.75 bits per heavy atom. The van der Waals surface area contributed by atoms with Crippen LogP contribution in [0.15, 0.2) is 0 Å². The highest BCUT2D eigenvalue weighted by Gasteiger charge is 2.43. The molecule has 0 amide bonds. The predicted octanol–water partition coefficient (Wildman–Crippen LogP) is 1.65. The summed E-state index contributed by atoms with van der Waals surface area (Å²) in [5, 5.41) is 10.2. The molecule has 1 saturated carbocycles. The Balaban J connectivity index is 1.79. The average molecular weight is 227 g/mol. The third kappa shape index (κ3) is 2.76. The van der Waals surface area contributed by atoms with E-state index in [0.717, 1.165) is 32.4 Å². The van der Waals surface area contributed by atoms with Gasteiger partial charge in [0.05, 0.1) is 11.7 Å². The molecule has 2 atom stereocenters. The maximum atomic E-state index is 10.2. The average Bonchev–Trinajstić information content (AvgIpc) is 2.24. The Bertz CT molecular complexity index is 226. The third-order valence-electron chi connectivity index (χ3n) is 4.21. The summed E-state index contributed by atoms with van der Waals surface area (Å²) in [6.45, 7) is 1.83. The fraction of sp³-hybridized carbons (Fsp3) is 1.00. The molecule has 3 heteroatoms. The zero-order valence-corrected chi connectivity index (χ0v) is 10.6. The third-order valence-corrected chi connectivity index (χ3v) is 4.21. The Morgan fingerprint density at radius 2 is 2.19 bits per heavy atom. The van der Waals surface area contributed by atoms with Crippen molar-refractivity contribution in [3.63, 3.8) is 0 Å². The van der Waals surface area contributed by atoms with Gasteiger partial charge in [0.25, 0.3) is 0 Å². The van der Waals surface area contributed by atoms with Gasteiger partial charge in [-0.2, -0.15) is 0 Å². The Kier molecular flexibility index (Phi) is 3.88. The molecule has 1 heterocycles. The molecule has 1 saturated heterocycles. The van der Waals surface area contributed by atoms with Crippen molar-refractivity contribution in [1.82, 2.24) is 4.90 Å². The zero-order valence-electron chi connectivity index (χ0n) is 10.6. The number of aliphatic hydroxyl groups is 1. The van der Waals surface area contributed by atoms with Gasteiger partial charge in [-0.1, -0.05) is 0 Å². The van der Waals surface area contributed by atoms with Gasteiger partial charge in [-0.15, -0.1) is 0 Å². The van der Waals surface area contributed by atoms with Crippen LogP contribution in [0.3, 0.4) is 0 Å². The van der Waals surface area contributed by atoms with Crippen LogP contribution < -0.4 is 0 Å². The highest BCUT2D eigenvalue weighted by Crippen LogP contribution is 2.45. The second kappa shape index (κ2) is 5.03. The van der Waals surface area contributed by atoms with Crippen molar-refractivity contribution in [1.29, 1.82) is 0 Å². The van der Waals surface area contributed by atoms with E-state index >= 15 is 0 Å². The molecule has 1 spiro atoms. The van der Waals surface area contributed by atoms with Crippen molar-refractivity contribution in [3.05, 3.63) is 0 Å². The normalized spacial score (nSPS) is 30.4. The summed E-state index contributed by atoms with van der Waals surface area (Å²) < 4.78 is 5.89. The molecular weight excluding hydrogens is 202 g/mol. The molecule has 1 aliphatic carbocycles. The molecule has 1 aliphatic heterocycles. The van der Waals surface area contributed by atoms with Crippen LogP contribution in [-0.4, -0.2) is 49.0 Å². The number of rotatable bonds is 4. The van der Waals surface area contributed by atoms with Crippen molar-refractivity contribution in [2.75, 3.05) is 27.2 Å². The van der Waals surface area contributed by atoms with Crippen LogP contribution >= 0.6 is 0 Å². The van der Waals surface area contributed by atoms with E-state index in [0.29, 0.717) is 5.92 Å². The predicted molar refractivity (Wildman–Crippen MR) is 64.4 cm³/mol. The second-order valence-electron chi connectivity index (χ2n) is 5.80. The summed E-state index contributed by atoms with van der Waals surface area (Å²) in [6, 6.07) is 0. The van der Waals surface area contributed by atoms with E-state index in [-0.39, 0.29) is 11.7 Å². The Morgan fingerprint density at radius 1 is 1.44 bits per heavy atom. The fourth-order valence-electron chi connectivity index (χ4n) is 2.94. The summed E-state index contributed by atoms with van der Waals surface area (Å²) in [7, 11) is 4.12. The van der Waals surface area contributed by atoms with Gasteiger partial charge in [-0.3, -0.25) is 0 Å². The summed E-state index contributed by atoms with van der Waals surface area (Å²) in [4.78, 5) is 2.14. The van der Waals surface area contributed by atoms with Gasteiger partial charge < -0.3 is 14.7 Å². The molecule has 2 aliphatic rings. The van der Waals surface area contributed by atoms with Crippen molar-refractivity contribution >= 4 is 0 Å². The number of hydrogen-bond acceptors (Lipinski definition) is 3. The molecule has 1 N–H and O–H groups in total. The molecule has 2 unspecified atom stereocenters. The molecule has 0 aromatic carbocycles. The van der Waals surface area contributed by atoms with Crippen LogP contribution in [0.2, 0.25) is 0 Å². The minimum absolute atomic E-state index is 0.135. The quantitative estimate of drug-likeness (QED) is 0.792. The summed E-state index contributed by atoms with van der Waals surface area (Å²) in [6.07, 6.45) is 6.61. The molecular formula is C13H25NO2. The van der Waals surface area contributed by atoms with Crippen LogP contribution in [0.4, 0.5) is 0 Å². The standard InChI is InChI=1S/C13H25NO2/c1-14(2)8-4-12(15)11-5-9-16-13(10-11)6-3-7-13/h11-12,15H,3-10H2,1-2H3. The van der Waals surface area contributed by atoms with E-state index < -0.39 is 0 Å². The Labute approximate surface area is 98.8 Å². The zero-order chi connectivity index (χ0) is 11.6. The second-order valence-corrected chi connectivity index (χ2v) is 5.80. The van der Waals surface area contributed by atoms with Gasteiger partial charge >= 0.3 is 0 Å². The molecule has 2 fully saturated rings. The number of aliphatic hydroxyl groups excluding tert-OH is 1. The molecule has 3 nitrogen and oxygen atoms in total. The van der Waals surface area contributed by atoms with Crippen LogP contribution in [0.1, 0.15) is 38.5 Å². The van der Waals surface area contributed by atoms with E-state index in [9.17, 15) is 5.11 Å². The fourth-order valence-corrected chi connectivity index (χ4v) is 2.94. The van der Waals surface area contributed by atoms with Crippen molar-refractivity contribution < 1.29 is 9.84 Å². The lowest BCUT2D eigenvalue weighted by molar-refractivity contribution is -0.157. The summed E-state index contributed by atoms with van der Waals surface area (Å²) >= 11 is 0. The summed E-state index contributed by atoms with van der Waals surface area (Å²) in [5.41, 5.74) is 0.169. The molecule has 94 valence electrons. The summed E-state index contributed by atoms with van der Waals surface area (Å²) in [5.74, 6) is 0.467. The number of ether oxygens (including phenoxy) is 1. The van der Waals surface area contributed by atoms with Gasteiger partial charge in [0.15, 0.2) is 0 Å². The molecule has 0 aromatic rings. The van der Waals surface area contributed by atoms with Crippen molar-refractivity contribution in [2.24, 2.45) is 5.92 Å². The molecule has 0 radical (unpaired) electrons. The smallest absolute Gasteiger partial charge is 0.0686 e. The monoisotopic (exact) mass is 227 g/mol. The highest BCUT2D eigenvalue weighted by atomic mass is 16.5. The number of nitrogens with zero attached hydrogens (tertiary/aromatic N) is 1. The maximum Gasteiger partial charge on any atom is 0.0686 e. The first-order valence-corrected chi connectivity index (χ1v) is 6.58. The van der Waals surface area contributed by atoms with Crippen molar-refractivity contribution in [3.8, 4) is 0 Å². The van der Waals surface area contributed by atoms with Gasteiger partial charge in [0.2, 0.25) is 0 Å². The first-order valence-electron chi connectivity index (χ1n) is 6.58. The molecule has 2 rings (SSSR count). The lowest BCUT2D eigenvalue weighted by Crippen LogP contribution is -2.48. The molecule has 0 bridgehead atoms. The van der Waals surface area contributed by atoms with Crippen LogP contribution in [0.5, 0.6) is 0 Å². The van der Waals surface area contributed by atoms with E-state index in [2.05, 4.69) is 19.0 Å². The van der Waals surface area contributed by atoms with E-state index in [4.69, 9.17) is 4.74 Å². The van der Waals surface area contributed by atoms with E-state index in [1.807, 2.05) is 0 Å². The lowest BCUT2D eigenvalue weighted by Gasteiger charge is -2.48. The van der Waals surface area contributed by atoms with Crippen LogP contribution in [0.25, 0.3) is 0 Å². The number of hydrogen-bond donors (Lipinski definition) is 1. The topological polar surface area (TPSA) is 32.7 Å². The van der Waals surface area contributed by atoms with E-state index in [1.54, 1.807) is 0 Å². The van der Waals surface area contributed by atoms with Crippen molar-refractivity contribution in [2.45, 2.75) is 50.2 Å².